The molecule has 0 radical (unpaired) electrons. The molecule has 0 saturated heterocycles. The van der Waals surface area contributed by atoms with Crippen LogP contribution in [0.1, 0.15) is 44.4 Å². The summed E-state index contributed by atoms with van der Waals surface area (Å²) in [4.78, 5) is 15.3. The van der Waals surface area contributed by atoms with E-state index in [1.807, 2.05) is 30.6 Å². The Morgan fingerprint density at radius 2 is 2.00 bits per heavy atom. The van der Waals surface area contributed by atoms with Crippen LogP contribution in [0.15, 0.2) is 30.6 Å². The van der Waals surface area contributed by atoms with Gasteiger partial charge in [0.05, 0.1) is 0 Å². The van der Waals surface area contributed by atoms with Gasteiger partial charge in [0.25, 0.3) is 0 Å². The Morgan fingerprint density at radius 3 is 2.65 bits per heavy atom. The van der Waals surface area contributed by atoms with Crippen molar-refractivity contribution in [3.05, 3.63) is 41.9 Å². The van der Waals surface area contributed by atoms with Gasteiger partial charge in [-0.2, -0.15) is 4.98 Å². The molecule has 0 aliphatic carbocycles. The van der Waals surface area contributed by atoms with Crippen LogP contribution in [-0.2, 0) is 12.8 Å². The number of hydrogen-bond donors (Lipinski definition) is 1. The molecule has 1 atom stereocenters. The lowest BCUT2D eigenvalue weighted by Gasteiger charge is -2.29. The molecule has 5 heteroatoms. The summed E-state index contributed by atoms with van der Waals surface area (Å²) in [5.41, 5.74) is 8.04. The van der Waals surface area contributed by atoms with Gasteiger partial charge in [-0.05, 0) is 37.8 Å². The van der Waals surface area contributed by atoms with Crippen molar-refractivity contribution in [3.8, 4) is 0 Å². The molecule has 0 saturated carbocycles. The van der Waals surface area contributed by atoms with Crippen LogP contribution in [0.25, 0.3) is 0 Å². The van der Waals surface area contributed by atoms with Crippen LogP contribution in [-0.4, -0.2) is 28.0 Å². The van der Waals surface area contributed by atoms with Crippen molar-refractivity contribution in [2.45, 2.75) is 52.0 Å². The van der Waals surface area contributed by atoms with Gasteiger partial charge in [0, 0.05) is 36.7 Å². The average molecular weight is 313 g/mol. The minimum atomic E-state index is 0.333. The summed E-state index contributed by atoms with van der Waals surface area (Å²) in [5, 5.41) is 0. The third-order valence-corrected chi connectivity index (χ3v) is 4.21. The maximum Gasteiger partial charge on any atom is 0.221 e. The second-order valence-corrected chi connectivity index (χ2v) is 5.86. The maximum atomic E-state index is 5.83. The van der Waals surface area contributed by atoms with E-state index in [1.54, 1.807) is 0 Å². The van der Waals surface area contributed by atoms with Crippen molar-refractivity contribution < 1.29 is 0 Å². The standard InChI is InChI=1S/C18H27N5/c1-4-8-16(5-2)23(3)17-14(13-21-18(19)22-17)10-11-15-9-6-7-12-20-15/h6-7,9,12-13,16H,4-5,8,10-11H2,1-3H3,(H2,19,21,22). The van der Waals surface area contributed by atoms with E-state index in [4.69, 9.17) is 5.73 Å². The zero-order valence-corrected chi connectivity index (χ0v) is 14.4. The van der Waals surface area contributed by atoms with E-state index in [0.717, 1.165) is 49.2 Å². The molecule has 2 heterocycles. The van der Waals surface area contributed by atoms with E-state index in [9.17, 15) is 0 Å². The first-order valence-corrected chi connectivity index (χ1v) is 8.39. The molecule has 23 heavy (non-hydrogen) atoms. The molecule has 0 fully saturated rings. The third-order valence-electron chi connectivity index (χ3n) is 4.21. The molecule has 0 aliphatic rings. The summed E-state index contributed by atoms with van der Waals surface area (Å²) in [6, 6.07) is 6.48. The highest BCUT2D eigenvalue weighted by molar-refractivity contribution is 5.49. The van der Waals surface area contributed by atoms with E-state index in [0.29, 0.717) is 12.0 Å². The Labute approximate surface area is 139 Å². The summed E-state index contributed by atoms with van der Waals surface area (Å²) < 4.78 is 0. The van der Waals surface area contributed by atoms with Gasteiger partial charge in [-0.1, -0.05) is 26.3 Å². The predicted molar refractivity (Wildman–Crippen MR) is 95.5 cm³/mol. The molecule has 2 N–H and O–H groups in total. The Bertz CT molecular complexity index is 600. The lowest BCUT2D eigenvalue weighted by Crippen LogP contribution is -2.32. The summed E-state index contributed by atoms with van der Waals surface area (Å²) >= 11 is 0. The average Bonchev–Trinajstić information content (AvgIpc) is 2.59. The number of anilines is 2. The first-order chi connectivity index (χ1) is 11.2. The Hall–Kier alpha value is -2.17. The first-order valence-electron chi connectivity index (χ1n) is 8.39. The van der Waals surface area contributed by atoms with Gasteiger partial charge >= 0.3 is 0 Å². The number of rotatable bonds is 8. The highest BCUT2D eigenvalue weighted by atomic mass is 15.2. The lowest BCUT2D eigenvalue weighted by atomic mass is 10.1. The molecule has 0 aromatic carbocycles. The molecule has 0 aliphatic heterocycles. The molecule has 0 bridgehead atoms. The van der Waals surface area contributed by atoms with E-state index in [1.165, 1.54) is 0 Å². The largest absolute Gasteiger partial charge is 0.368 e. The van der Waals surface area contributed by atoms with E-state index < -0.39 is 0 Å². The van der Waals surface area contributed by atoms with E-state index in [-0.39, 0.29) is 0 Å². The van der Waals surface area contributed by atoms with Gasteiger partial charge in [0.1, 0.15) is 5.82 Å². The second-order valence-electron chi connectivity index (χ2n) is 5.86. The third kappa shape index (κ3) is 4.65. The van der Waals surface area contributed by atoms with Crippen molar-refractivity contribution in [3.63, 3.8) is 0 Å². The van der Waals surface area contributed by atoms with Crippen molar-refractivity contribution in [1.29, 1.82) is 0 Å². The van der Waals surface area contributed by atoms with Crippen LogP contribution in [0.5, 0.6) is 0 Å². The van der Waals surface area contributed by atoms with Crippen LogP contribution in [0.2, 0.25) is 0 Å². The van der Waals surface area contributed by atoms with Crippen LogP contribution >= 0.6 is 0 Å². The van der Waals surface area contributed by atoms with Gasteiger partial charge in [-0.3, -0.25) is 4.98 Å². The Balaban J connectivity index is 2.19. The smallest absolute Gasteiger partial charge is 0.221 e. The minimum Gasteiger partial charge on any atom is -0.368 e. The van der Waals surface area contributed by atoms with Crippen LogP contribution < -0.4 is 10.6 Å². The molecule has 0 amide bonds. The van der Waals surface area contributed by atoms with Gasteiger partial charge in [-0.15, -0.1) is 0 Å². The fraction of sp³-hybridized carbons (Fsp3) is 0.500. The molecule has 5 nitrogen and oxygen atoms in total. The monoisotopic (exact) mass is 313 g/mol. The molecule has 2 aromatic heterocycles. The van der Waals surface area contributed by atoms with Gasteiger partial charge in [0.2, 0.25) is 5.95 Å². The number of aromatic nitrogens is 3. The van der Waals surface area contributed by atoms with E-state index in [2.05, 4.69) is 40.7 Å². The SMILES string of the molecule is CCCC(CC)N(C)c1nc(N)ncc1CCc1ccccn1. The summed E-state index contributed by atoms with van der Waals surface area (Å²) in [7, 11) is 2.11. The van der Waals surface area contributed by atoms with Crippen molar-refractivity contribution in [2.24, 2.45) is 0 Å². The number of hydrogen-bond acceptors (Lipinski definition) is 5. The molecule has 1 unspecified atom stereocenters. The van der Waals surface area contributed by atoms with Crippen molar-refractivity contribution >= 4 is 11.8 Å². The normalized spacial score (nSPS) is 12.1. The van der Waals surface area contributed by atoms with Crippen molar-refractivity contribution in [1.82, 2.24) is 15.0 Å². The Morgan fingerprint density at radius 1 is 1.17 bits per heavy atom. The zero-order chi connectivity index (χ0) is 16.7. The zero-order valence-electron chi connectivity index (χ0n) is 14.4. The summed E-state index contributed by atoms with van der Waals surface area (Å²) in [6.07, 6.45) is 8.82. The molecule has 2 aromatic rings. The number of pyridine rings is 1. The fourth-order valence-electron chi connectivity index (χ4n) is 2.88. The fourth-order valence-corrected chi connectivity index (χ4v) is 2.88. The topological polar surface area (TPSA) is 67.9 Å². The van der Waals surface area contributed by atoms with Crippen molar-refractivity contribution in [2.75, 3.05) is 17.7 Å². The number of nitrogen functional groups attached to an aromatic ring is 1. The Kier molecular flexibility index (Phi) is 6.32. The highest BCUT2D eigenvalue weighted by Gasteiger charge is 2.18. The summed E-state index contributed by atoms with van der Waals surface area (Å²) in [6.45, 7) is 4.43. The molecule has 2 rings (SSSR count). The van der Waals surface area contributed by atoms with Crippen LogP contribution in [0.4, 0.5) is 11.8 Å². The van der Waals surface area contributed by atoms with Gasteiger partial charge in [-0.25, -0.2) is 4.98 Å². The molecule has 0 spiro atoms. The quantitative estimate of drug-likeness (QED) is 0.810. The van der Waals surface area contributed by atoms with E-state index >= 15 is 0 Å². The lowest BCUT2D eigenvalue weighted by molar-refractivity contribution is 0.551. The first kappa shape index (κ1) is 17.2. The molecular formula is C18H27N5. The van der Waals surface area contributed by atoms with Gasteiger partial charge < -0.3 is 10.6 Å². The molecular weight excluding hydrogens is 286 g/mol. The number of nitrogens with zero attached hydrogens (tertiary/aromatic N) is 4. The highest BCUT2D eigenvalue weighted by Crippen LogP contribution is 2.23. The number of nitrogens with two attached hydrogens (primary N) is 1. The van der Waals surface area contributed by atoms with Crippen LogP contribution in [0, 0.1) is 0 Å². The predicted octanol–water partition coefficient (Wildman–Crippen LogP) is 3.25. The van der Waals surface area contributed by atoms with Gasteiger partial charge in [0.15, 0.2) is 0 Å². The van der Waals surface area contributed by atoms with Crippen LogP contribution in [0.3, 0.4) is 0 Å². The molecule has 124 valence electrons. The number of aryl methyl sites for hydroxylation is 2. The second kappa shape index (κ2) is 8.46. The maximum absolute atomic E-state index is 5.83. The minimum absolute atomic E-state index is 0.333. The summed E-state index contributed by atoms with van der Waals surface area (Å²) in [5.74, 6) is 1.29.